The minimum absolute atomic E-state index is 0.821. The van der Waals surface area contributed by atoms with Gasteiger partial charge in [0, 0.05) is 14.5 Å². The molecular formula is C2H4NOP. The Morgan fingerprint density at radius 3 is 3.00 bits per heavy atom. The fraction of sp³-hybridized carbons (Fsp3) is 1.00. The van der Waals surface area contributed by atoms with E-state index in [0.717, 1.165) is 21.1 Å². The first-order valence-electron chi connectivity index (χ1n) is 1.49. The standard InChI is InChI=1S/C2H4NOP/c1-2-5-3-4-1/h1-2H2. The third kappa shape index (κ3) is 0.673. The molecule has 0 aromatic heterocycles. The van der Waals surface area contributed by atoms with Gasteiger partial charge >= 0.3 is 0 Å². The summed E-state index contributed by atoms with van der Waals surface area (Å²) < 4.78 is 0. The molecule has 0 bridgehead atoms. The quantitative estimate of drug-likeness (QED) is 0.406. The first-order valence-corrected chi connectivity index (χ1v) is 2.52. The van der Waals surface area contributed by atoms with Crippen molar-refractivity contribution >= 4 is 8.37 Å². The highest BCUT2D eigenvalue weighted by Crippen LogP contribution is 2.06. The number of hydrogen-bond acceptors (Lipinski definition) is 2. The number of hydrogen-bond donors (Lipinski definition) is 0. The van der Waals surface area contributed by atoms with E-state index < -0.39 is 0 Å². The summed E-state index contributed by atoms with van der Waals surface area (Å²) in [6.07, 6.45) is 1.08. The Balaban J connectivity index is 2.32. The lowest BCUT2D eigenvalue weighted by molar-refractivity contribution is 0.180. The van der Waals surface area contributed by atoms with Crippen LogP contribution in [0, 0.1) is 0 Å². The van der Waals surface area contributed by atoms with Gasteiger partial charge in [-0.3, -0.25) is 0 Å². The van der Waals surface area contributed by atoms with E-state index in [4.69, 9.17) is 0 Å². The van der Waals surface area contributed by atoms with Gasteiger partial charge in [-0.25, -0.2) is 4.84 Å². The van der Waals surface area contributed by atoms with Gasteiger partial charge < -0.3 is 0 Å². The highest BCUT2D eigenvalue weighted by Gasteiger charge is 1.87. The second-order valence-electron chi connectivity index (χ2n) is 0.780. The summed E-state index contributed by atoms with van der Waals surface area (Å²) in [7, 11) is 1.09. The molecule has 1 rings (SSSR count). The minimum Gasteiger partial charge on any atom is -0.248 e. The normalized spacial score (nSPS) is 24.0. The zero-order valence-electron chi connectivity index (χ0n) is 2.72. The molecule has 3 heteroatoms. The molecule has 0 saturated carbocycles. The molecule has 0 radical (unpaired) electrons. The Kier molecular flexibility index (Phi) is 0.967. The maximum Gasteiger partial charge on any atom is 0.0866 e. The molecular weight excluding hydrogens is 85.0 g/mol. The summed E-state index contributed by atoms with van der Waals surface area (Å²) >= 11 is 0. The van der Waals surface area contributed by atoms with Crippen molar-refractivity contribution in [2.75, 3.05) is 12.8 Å². The molecule has 0 atom stereocenters. The smallest absolute Gasteiger partial charge is 0.0866 e. The summed E-state index contributed by atoms with van der Waals surface area (Å²) in [5.41, 5.74) is 0. The Hall–Kier alpha value is 0.0600. The molecule has 1 heterocycles. The van der Waals surface area contributed by atoms with Crippen molar-refractivity contribution in [3.05, 3.63) is 0 Å². The van der Waals surface area contributed by atoms with Gasteiger partial charge in [0.1, 0.15) is 0 Å². The lowest BCUT2D eigenvalue weighted by atomic mass is 10.9. The Morgan fingerprint density at radius 1 is 1.80 bits per heavy atom. The third-order valence-electron chi connectivity index (χ3n) is 0.398. The van der Waals surface area contributed by atoms with E-state index in [0.29, 0.717) is 0 Å². The van der Waals surface area contributed by atoms with E-state index >= 15 is 0 Å². The average Bonchev–Trinajstić information content (AvgIpc) is 1.76. The van der Waals surface area contributed by atoms with E-state index in [1.54, 1.807) is 0 Å². The average molecular weight is 89.0 g/mol. The van der Waals surface area contributed by atoms with Crippen LogP contribution in [0.4, 0.5) is 0 Å². The molecule has 0 fully saturated rings. The maximum absolute atomic E-state index is 4.56. The van der Waals surface area contributed by atoms with E-state index in [1.165, 1.54) is 0 Å². The van der Waals surface area contributed by atoms with Crippen LogP contribution < -0.4 is 0 Å². The molecule has 5 heavy (non-hydrogen) atoms. The van der Waals surface area contributed by atoms with Gasteiger partial charge in [0.2, 0.25) is 0 Å². The Bertz CT molecular complexity index is 47.6. The van der Waals surface area contributed by atoms with Gasteiger partial charge in [0.25, 0.3) is 0 Å². The van der Waals surface area contributed by atoms with Crippen LogP contribution in [0.3, 0.4) is 0 Å². The highest BCUT2D eigenvalue weighted by atomic mass is 31.1. The summed E-state index contributed by atoms with van der Waals surface area (Å²) in [5, 5.41) is 0. The van der Waals surface area contributed by atoms with E-state index in [9.17, 15) is 0 Å². The van der Waals surface area contributed by atoms with Gasteiger partial charge in [-0.15, -0.1) is 4.91 Å². The molecule has 28 valence electrons. The van der Waals surface area contributed by atoms with Crippen LogP contribution in [-0.4, -0.2) is 12.8 Å². The van der Waals surface area contributed by atoms with Crippen molar-refractivity contribution in [2.45, 2.75) is 0 Å². The maximum atomic E-state index is 4.56. The van der Waals surface area contributed by atoms with Crippen LogP contribution in [0.2, 0.25) is 0 Å². The number of nitrogens with zero attached hydrogens (tertiary/aromatic N) is 1. The van der Waals surface area contributed by atoms with Crippen LogP contribution in [-0.2, 0) is 4.84 Å². The van der Waals surface area contributed by atoms with Gasteiger partial charge in [-0.1, -0.05) is 0 Å². The topological polar surface area (TPSA) is 21.6 Å². The van der Waals surface area contributed by atoms with Crippen molar-refractivity contribution in [2.24, 2.45) is 4.91 Å². The molecule has 0 amide bonds. The van der Waals surface area contributed by atoms with Crippen LogP contribution in [0.25, 0.3) is 0 Å². The van der Waals surface area contributed by atoms with Crippen LogP contribution >= 0.6 is 8.37 Å². The zero-order chi connectivity index (χ0) is 3.54. The van der Waals surface area contributed by atoms with Gasteiger partial charge in [-0.2, -0.15) is 0 Å². The molecule has 2 nitrogen and oxygen atoms in total. The van der Waals surface area contributed by atoms with Crippen LogP contribution in [0.1, 0.15) is 0 Å². The van der Waals surface area contributed by atoms with Crippen molar-refractivity contribution in [3.8, 4) is 0 Å². The summed E-state index contributed by atoms with van der Waals surface area (Å²) in [6.45, 7) is 0.821. The van der Waals surface area contributed by atoms with Crippen molar-refractivity contribution < 1.29 is 4.84 Å². The Morgan fingerprint density at radius 2 is 2.80 bits per heavy atom. The summed E-state index contributed by atoms with van der Waals surface area (Å²) in [5.74, 6) is 0. The fourth-order valence-electron chi connectivity index (χ4n) is 0.204. The predicted octanol–water partition coefficient (Wildman–Crippen LogP) is 1.06. The molecule has 0 spiro atoms. The third-order valence-corrected chi connectivity index (χ3v) is 1.01. The van der Waals surface area contributed by atoms with Crippen molar-refractivity contribution in [3.63, 3.8) is 0 Å². The second-order valence-corrected chi connectivity index (χ2v) is 1.67. The van der Waals surface area contributed by atoms with E-state index in [2.05, 4.69) is 9.75 Å². The SMILES string of the molecule is C1CP=NO1. The second kappa shape index (κ2) is 1.48. The zero-order valence-corrected chi connectivity index (χ0v) is 3.61. The monoisotopic (exact) mass is 89.0 g/mol. The highest BCUT2D eigenvalue weighted by molar-refractivity contribution is 7.26. The molecule has 0 saturated heterocycles. The molecule has 0 unspecified atom stereocenters. The van der Waals surface area contributed by atoms with Crippen molar-refractivity contribution in [1.29, 1.82) is 0 Å². The lowest BCUT2D eigenvalue weighted by Crippen LogP contribution is -1.76. The van der Waals surface area contributed by atoms with E-state index in [-0.39, 0.29) is 0 Å². The van der Waals surface area contributed by atoms with Gasteiger partial charge in [0.05, 0.1) is 6.61 Å². The largest absolute Gasteiger partial charge is 0.248 e. The predicted molar refractivity (Wildman–Crippen MR) is 20.2 cm³/mol. The molecule has 1 aliphatic rings. The first kappa shape index (κ1) is 3.26. The molecule has 0 N–H and O–H groups in total. The van der Waals surface area contributed by atoms with Crippen LogP contribution in [0.5, 0.6) is 0 Å². The fourth-order valence-corrected chi connectivity index (χ4v) is 0.612. The lowest BCUT2D eigenvalue weighted by Gasteiger charge is -1.70. The Labute approximate surface area is 32.0 Å². The number of rotatable bonds is 0. The van der Waals surface area contributed by atoms with Crippen molar-refractivity contribution in [1.82, 2.24) is 0 Å². The van der Waals surface area contributed by atoms with Crippen LogP contribution in [0.15, 0.2) is 4.91 Å². The molecule has 0 aliphatic carbocycles. The molecule has 0 aromatic rings. The first-order chi connectivity index (χ1) is 2.50. The molecule has 0 aromatic carbocycles. The molecule has 1 aliphatic heterocycles. The van der Waals surface area contributed by atoms with Gasteiger partial charge in [0.15, 0.2) is 0 Å². The summed E-state index contributed by atoms with van der Waals surface area (Å²) in [4.78, 5) is 8.11. The minimum atomic E-state index is 0.821. The summed E-state index contributed by atoms with van der Waals surface area (Å²) in [6, 6.07) is 0. The van der Waals surface area contributed by atoms with Gasteiger partial charge in [-0.05, 0) is 0 Å². The van der Waals surface area contributed by atoms with E-state index in [1.807, 2.05) is 0 Å².